The van der Waals surface area contributed by atoms with Gasteiger partial charge in [-0.15, -0.1) is 11.8 Å². The van der Waals surface area contributed by atoms with Crippen molar-refractivity contribution in [3.05, 3.63) is 96.8 Å². The van der Waals surface area contributed by atoms with Gasteiger partial charge in [0.25, 0.3) is 0 Å². The topological polar surface area (TPSA) is 0 Å². The zero-order chi connectivity index (χ0) is 18.9. The first-order valence-electron chi connectivity index (χ1n) is 9.87. The molecular weight excluding hydrogens is 360 g/mol. The fourth-order valence-corrected chi connectivity index (χ4v) is 9.78. The predicted octanol–water partition coefficient (Wildman–Crippen LogP) is 6.95. The number of hydrogen-bond donors (Lipinski definition) is 0. The summed E-state index contributed by atoms with van der Waals surface area (Å²) in [4.78, 5) is 1.48. The van der Waals surface area contributed by atoms with Gasteiger partial charge in [0.2, 0.25) is 0 Å². The standard InChI is InChI=1S/C25H26SSi/c1-15-10-20-13-22-16(2)17(3)26-24(22)14-23(20)25(15)27(4,5)21-11-18-8-6-7-9-19(18)12-21/h6-11,13-14,24H,12H2,1-5H3. The van der Waals surface area contributed by atoms with Crippen LogP contribution in [0.3, 0.4) is 0 Å². The van der Waals surface area contributed by atoms with Crippen molar-refractivity contribution in [1.82, 2.24) is 0 Å². The lowest BCUT2D eigenvalue weighted by atomic mass is 9.92. The second-order valence-corrected chi connectivity index (χ2v) is 14.5. The average molecular weight is 387 g/mol. The van der Waals surface area contributed by atoms with Crippen molar-refractivity contribution in [3.8, 4) is 0 Å². The second kappa shape index (κ2) is 5.86. The van der Waals surface area contributed by atoms with Gasteiger partial charge in [-0.25, -0.2) is 0 Å². The van der Waals surface area contributed by atoms with Gasteiger partial charge in [-0.3, -0.25) is 0 Å². The minimum atomic E-state index is -1.72. The molecule has 0 saturated heterocycles. The summed E-state index contributed by atoms with van der Waals surface area (Å²) in [5, 5.41) is 3.85. The molecule has 1 heterocycles. The van der Waals surface area contributed by atoms with Gasteiger partial charge in [0.1, 0.15) is 8.07 Å². The number of allylic oxidation sites excluding steroid dienone is 9. The van der Waals surface area contributed by atoms with Gasteiger partial charge < -0.3 is 0 Å². The van der Waals surface area contributed by atoms with E-state index in [1.54, 1.807) is 10.4 Å². The number of fused-ring (bicyclic) bond motifs is 3. The van der Waals surface area contributed by atoms with E-state index in [2.05, 4.69) is 82.4 Å². The maximum atomic E-state index is 2.56. The molecular formula is C25H26SSi. The molecule has 1 aromatic carbocycles. The van der Waals surface area contributed by atoms with Gasteiger partial charge in [0, 0.05) is 0 Å². The zero-order valence-corrected chi connectivity index (χ0v) is 18.6. The van der Waals surface area contributed by atoms with Crippen LogP contribution in [0.15, 0.2) is 85.7 Å². The van der Waals surface area contributed by atoms with Crippen LogP contribution >= 0.6 is 11.8 Å². The Morgan fingerprint density at radius 2 is 1.78 bits per heavy atom. The molecule has 1 aliphatic heterocycles. The van der Waals surface area contributed by atoms with Crippen molar-refractivity contribution in [3.63, 3.8) is 0 Å². The quantitative estimate of drug-likeness (QED) is 0.496. The van der Waals surface area contributed by atoms with E-state index in [9.17, 15) is 0 Å². The van der Waals surface area contributed by atoms with Gasteiger partial charge in [-0.1, -0.05) is 66.4 Å². The molecule has 0 nitrogen and oxygen atoms in total. The molecule has 0 amide bonds. The van der Waals surface area contributed by atoms with Gasteiger partial charge in [-0.05, 0) is 76.8 Å². The van der Waals surface area contributed by atoms with Gasteiger partial charge >= 0.3 is 0 Å². The van der Waals surface area contributed by atoms with E-state index >= 15 is 0 Å². The molecule has 0 aromatic heterocycles. The molecule has 136 valence electrons. The van der Waals surface area contributed by atoms with E-state index in [4.69, 9.17) is 0 Å². The summed E-state index contributed by atoms with van der Waals surface area (Å²) in [6.07, 6.45) is 11.1. The van der Waals surface area contributed by atoms with Crippen molar-refractivity contribution in [2.45, 2.75) is 45.5 Å². The molecule has 2 heteroatoms. The Morgan fingerprint density at radius 1 is 1.00 bits per heavy atom. The Hall–Kier alpha value is -1.77. The normalized spacial score (nSPS) is 23.7. The van der Waals surface area contributed by atoms with Crippen LogP contribution in [-0.4, -0.2) is 13.3 Å². The van der Waals surface area contributed by atoms with Crippen molar-refractivity contribution in [2.75, 3.05) is 0 Å². The van der Waals surface area contributed by atoms with E-state index in [1.807, 2.05) is 11.8 Å². The fourth-order valence-electron chi connectivity index (χ4n) is 5.10. The fraction of sp³-hybridized carbons (Fsp3) is 0.280. The van der Waals surface area contributed by atoms with E-state index in [0.717, 1.165) is 6.42 Å². The molecule has 0 N–H and O–H groups in total. The first-order chi connectivity index (χ1) is 12.9. The molecule has 0 radical (unpaired) electrons. The van der Waals surface area contributed by atoms with Crippen molar-refractivity contribution in [2.24, 2.45) is 0 Å². The highest BCUT2D eigenvalue weighted by atomic mass is 32.2. The molecule has 4 aliphatic rings. The van der Waals surface area contributed by atoms with E-state index < -0.39 is 8.07 Å². The molecule has 1 aromatic rings. The number of thioether (sulfide) groups is 1. The minimum Gasteiger partial charge on any atom is -0.118 e. The molecule has 0 saturated carbocycles. The number of rotatable bonds is 2. The Labute approximate surface area is 168 Å². The monoisotopic (exact) mass is 386 g/mol. The average Bonchev–Trinajstić information content (AvgIpc) is 3.27. The first-order valence-corrected chi connectivity index (χ1v) is 13.7. The Bertz CT molecular complexity index is 1070. The van der Waals surface area contributed by atoms with Crippen LogP contribution in [0.25, 0.3) is 6.08 Å². The highest BCUT2D eigenvalue weighted by Gasteiger charge is 2.40. The molecule has 5 rings (SSSR count). The lowest BCUT2D eigenvalue weighted by Gasteiger charge is -2.31. The summed E-state index contributed by atoms with van der Waals surface area (Å²) in [6.45, 7) is 12.0. The molecule has 1 atom stereocenters. The van der Waals surface area contributed by atoms with Crippen LogP contribution in [0.5, 0.6) is 0 Å². The highest BCUT2D eigenvalue weighted by Crippen LogP contribution is 2.51. The predicted molar refractivity (Wildman–Crippen MR) is 122 cm³/mol. The SMILES string of the molecule is CC1=C([Si](C)(C)C2=Cc3ccccc3C2)C2=CC3SC(C)=C(C)C3=CC2=C1. The molecule has 27 heavy (non-hydrogen) atoms. The van der Waals surface area contributed by atoms with Crippen molar-refractivity contribution in [1.29, 1.82) is 0 Å². The number of hydrogen-bond acceptors (Lipinski definition) is 1. The highest BCUT2D eigenvalue weighted by molar-refractivity contribution is 8.04. The lowest BCUT2D eigenvalue weighted by molar-refractivity contribution is 1.19. The third-order valence-electron chi connectivity index (χ3n) is 6.74. The largest absolute Gasteiger partial charge is 0.118 e. The summed E-state index contributed by atoms with van der Waals surface area (Å²) in [6, 6.07) is 8.91. The molecule has 1 unspecified atom stereocenters. The summed E-state index contributed by atoms with van der Waals surface area (Å²) in [5.74, 6) is 0. The van der Waals surface area contributed by atoms with Crippen molar-refractivity contribution < 1.29 is 0 Å². The summed E-state index contributed by atoms with van der Waals surface area (Å²) in [7, 11) is -1.72. The number of benzene rings is 1. The first kappa shape index (κ1) is 17.3. The third-order valence-corrected chi connectivity index (χ3v) is 11.9. The summed E-state index contributed by atoms with van der Waals surface area (Å²) < 4.78 is 0. The van der Waals surface area contributed by atoms with Crippen LogP contribution < -0.4 is 0 Å². The molecule has 3 aliphatic carbocycles. The molecule has 0 fully saturated rings. The minimum absolute atomic E-state index is 0.512. The smallest absolute Gasteiger partial charge is 0.109 e. The van der Waals surface area contributed by atoms with Crippen LogP contribution in [0.2, 0.25) is 13.1 Å². The van der Waals surface area contributed by atoms with Gasteiger partial charge in [0.05, 0.1) is 5.25 Å². The molecule has 0 spiro atoms. The maximum Gasteiger partial charge on any atom is 0.109 e. The Balaban J connectivity index is 1.54. The van der Waals surface area contributed by atoms with Gasteiger partial charge in [-0.2, -0.15) is 0 Å². The van der Waals surface area contributed by atoms with Crippen LogP contribution in [-0.2, 0) is 6.42 Å². The van der Waals surface area contributed by atoms with E-state index in [-0.39, 0.29) is 0 Å². The zero-order valence-electron chi connectivity index (χ0n) is 16.8. The Kier molecular flexibility index (Phi) is 3.76. The van der Waals surface area contributed by atoms with Crippen LogP contribution in [0.4, 0.5) is 0 Å². The van der Waals surface area contributed by atoms with E-state index in [1.165, 1.54) is 43.9 Å². The van der Waals surface area contributed by atoms with Gasteiger partial charge in [0.15, 0.2) is 0 Å². The van der Waals surface area contributed by atoms with Crippen LogP contribution in [0, 0.1) is 0 Å². The Morgan fingerprint density at radius 3 is 2.56 bits per heavy atom. The maximum absolute atomic E-state index is 2.56. The summed E-state index contributed by atoms with van der Waals surface area (Å²) >= 11 is 2.03. The van der Waals surface area contributed by atoms with E-state index in [0.29, 0.717) is 5.25 Å². The third kappa shape index (κ3) is 2.50. The van der Waals surface area contributed by atoms with Crippen molar-refractivity contribution >= 4 is 25.9 Å². The van der Waals surface area contributed by atoms with Crippen LogP contribution in [0.1, 0.15) is 31.9 Å². The second-order valence-electron chi connectivity index (χ2n) is 8.73. The molecule has 0 bridgehead atoms. The summed E-state index contributed by atoms with van der Waals surface area (Å²) in [5.41, 5.74) is 10.4. The lowest BCUT2D eigenvalue weighted by Crippen LogP contribution is -2.34.